The molecule has 3 aliphatic rings. The quantitative estimate of drug-likeness (QED) is 0.721. The van der Waals surface area contributed by atoms with E-state index in [1.54, 1.807) is 6.07 Å². The minimum absolute atomic E-state index is 0.186. The molecule has 0 saturated carbocycles. The summed E-state index contributed by atoms with van der Waals surface area (Å²) in [5, 5.41) is 5.11. The molecule has 8 heteroatoms. The van der Waals surface area contributed by atoms with Gasteiger partial charge in [0.1, 0.15) is 0 Å². The number of hydrogen-bond donors (Lipinski definition) is 2. The van der Waals surface area contributed by atoms with E-state index < -0.39 is 23.3 Å². The van der Waals surface area contributed by atoms with Crippen LogP contribution < -0.4 is 15.5 Å². The molecule has 1 aromatic carbocycles. The van der Waals surface area contributed by atoms with Crippen molar-refractivity contribution in [2.24, 2.45) is 5.41 Å². The summed E-state index contributed by atoms with van der Waals surface area (Å²) >= 11 is 6.39. The minimum Gasteiger partial charge on any atom is -0.364 e. The summed E-state index contributed by atoms with van der Waals surface area (Å²) in [4.78, 5) is 41.7. The molecule has 4 rings (SSSR count). The Morgan fingerprint density at radius 2 is 1.92 bits per heavy atom. The Morgan fingerprint density at radius 1 is 1.20 bits per heavy atom. The number of imide groups is 2. The number of fused-ring (bicyclic) bond motifs is 4. The lowest BCUT2D eigenvalue weighted by molar-refractivity contribution is -0.147. The third kappa shape index (κ3) is 2.26. The Hall–Kier alpha value is -2.12. The van der Waals surface area contributed by atoms with Gasteiger partial charge in [-0.1, -0.05) is 24.6 Å². The molecule has 3 aliphatic heterocycles. The number of nitrogens with zero attached hydrogens (tertiary/aromatic N) is 2. The van der Waals surface area contributed by atoms with E-state index in [2.05, 4.69) is 27.4 Å². The molecule has 2 saturated heterocycles. The van der Waals surface area contributed by atoms with Crippen LogP contribution in [-0.2, 0) is 16.0 Å². The molecule has 0 bridgehead atoms. The Balaban J connectivity index is 1.88. The average molecular weight is 363 g/mol. The number of piperazine rings is 1. The summed E-state index contributed by atoms with van der Waals surface area (Å²) < 4.78 is 0. The van der Waals surface area contributed by atoms with Gasteiger partial charge in [-0.2, -0.15) is 0 Å². The molecule has 1 atom stereocenters. The molecule has 4 amide bonds. The topological polar surface area (TPSA) is 81.8 Å². The molecule has 0 aromatic heterocycles. The first-order chi connectivity index (χ1) is 12.0. The molecule has 2 fully saturated rings. The standard InChI is InChI=1S/C17H19ClN4O3/c1-2-21-6-7-22-12-5-3-4-11(18)10(12)8-17(13(22)9-21)14(23)19-16(25)20-15(17)24/h3-5,13H,2,6-9H2,1H3,(H2,19,20,23,24,25)/t13-/m0/s1. The van der Waals surface area contributed by atoms with Crippen LogP contribution in [0.4, 0.5) is 10.5 Å². The number of urea groups is 1. The third-order valence-electron chi connectivity index (χ3n) is 5.60. The van der Waals surface area contributed by atoms with Crippen molar-refractivity contribution in [1.29, 1.82) is 0 Å². The summed E-state index contributed by atoms with van der Waals surface area (Å²) in [7, 11) is 0. The lowest BCUT2D eigenvalue weighted by Gasteiger charge is -2.54. The van der Waals surface area contributed by atoms with Gasteiger partial charge in [0.2, 0.25) is 11.8 Å². The summed E-state index contributed by atoms with van der Waals surface area (Å²) in [6.07, 6.45) is 0.186. The van der Waals surface area contributed by atoms with E-state index in [1.165, 1.54) is 0 Å². The fourth-order valence-electron chi connectivity index (χ4n) is 4.25. The molecule has 2 N–H and O–H groups in total. The van der Waals surface area contributed by atoms with Crippen LogP contribution >= 0.6 is 11.6 Å². The van der Waals surface area contributed by atoms with Gasteiger partial charge in [-0.05, 0) is 24.2 Å². The maximum Gasteiger partial charge on any atom is 0.328 e. The second kappa shape index (κ2) is 5.71. The number of halogens is 1. The molecular weight excluding hydrogens is 344 g/mol. The van der Waals surface area contributed by atoms with Gasteiger partial charge in [0.05, 0.1) is 6.04 Å². The maximum atomic E-state index is 12.9. The van der Waals surface area contributed by atoms with Crippen LogP contribution in [0.3, 0.4) is 0 Å². The molecule has 25 heavy (non-hydrogen) atoms. The van der Waals surface area contributed by atoms with Crippen LogP contribution in [-0.4, -0.2) is 55.0 Å². The number of carbonyl (C=O) groups is 3. The van der Waals surface area contributed by atoms with E-state index in [4.69, 9.17) is 11.6 Å². The van der Waals surface area contributed by atoms with Gasteiger partial charge >= 0.3 is 6.03 Å². The van der Waals surface area contributed by atoms with E-state index in [1.807, 2.05) is 12.1 Å². The van der Waals surface area contributed by atoms with Crippen molar-refractivity contribution in [3.63, 3.8) is 0 Å². The molecule has 3 heterocycles. The zero-order chi connectivity index (χ0) is 17.8. The van der Waals surface area contributed by atoms with Crippen molar-refractivity contribution in [1.82, 2.24) is 15.5 Å². The number of rotatable bonds is 1. The zero-order valence-corrected chi connectivity index (χ0v) is 14.6. The highest BCUT2D eigenvalue weighted by Crippen LogP contribution is 2.46. The van der Waals surface area contributed by atoms with Gasteiger partial charge in [0.25, 0.3) is 0 Å². The molecular formula is C17H19ClN4O3. The van der Waals surface area contributed by atoms with Crippen LogP contribution in [0, 0.1) is 5.41 Å². The number of amides is 4. The first-order valence-corrected chi connectivity index (χ1v) is 8.78. The van der Waals surface area contributed by atoms with E-state index in [-0.39, 0.29) is 12.5 Å². The summed E-state index contributed by atoms with van der Waals surface area (Å²) in [6, 6.07) is 4.51. The smallest absolute Gasteiger partial charge is 0.328 e. The molecule has 1 spiro atoms. The van der Waals surface area contributed by atoms with Gasteiger partial charge in [0.15, 0.2) is 5.41 Å². The lowest BCUT2D eigenvalue weighted by Crippen LogP contribution is -2.74. The second-order valence-corrected chi connectivity index (χ2v) is 7.13. The average Bonchev–Trinajstić information content (AvgIpc) is 2.59. The van der Waals surface area contributed by atoms with Crippen LogP contribution in [0.5, 0.6) is 0 Å². The summed E-state index contributed by atoms with van der Waals surface area (Å²) in [5.41, 5.74) is 0.390. The van der Waals surface area contributed by atoms with Crippen molar-refractivity contribution >= 4 is 35.1 Å². The molecule has 132 valence electrons. The lowest BCUT2D eigenvalue weighted by atomic mass is 9.68. The van der Waals surface area contributed by atoms with Gasteiger partial charge in [-0.3, -0.25) is 25.1 Å². The van der Waals surface area contributed by atoms with E-state index in [9.17, 15) is 14.4 Å². The van der Waals surface area contributed by atoms with Crippen molar-refractivity contribution in [2.45, 2.75) is 19.4 Å². The Labute approximate surface area is 150 Å². The molecule has 0 aliphatic carbocycles. The fraction of sp³-hybridized carbons (Fsp3) is 0.471. The van der Waals surface area contributed by atoms with Gasteiger partial charge in [-0.15, -0.1) is 0 Å². The van der Waals surface area contributed by atoms with Gasteiger partial charge in [0, 0.05) is 36.8 Å². The molecule has 0 unspecified atom stereocenters. The van der Waals surface area contributed by atoms with Gasteiger partial charge < -0.3 is 4.90 Å². The summed E-state index contributed by atoms with van der Waals surface area (Å²) in [5.74, 6) is -1.08. The first-order valence-electron chi connectivity index (χ1n) is 8.40. The van der Waals surface area contributed by atoms with Crippen LogP contribution in [0.25, 0.3) is 0 Å². The monoisotopic (exact) mass is 362 g/mol. The highest BCUT2D eigenvalue weighted by Gasteiger charge is 2.60. The number of anilines is 1. The number of barbiturate groups is 1. The highest BCUT2D eigenvalue weighted by atomic mass is 35.5. The summed E-state index contributed by atoms with van der Waals surface area (Å²) in [6.45, 7) is 5.02. The largest absolute Gasteiger partial charge is 0.364 e. The van der Waals surface area contributed by atoms with E-state index >= 15 is 0 Å². The molecule has 1 aromatic rings. The number of nitrogens with one attached hydrogen (secondary N) is 2. The Bertz CT molecular complexity index is 761. The van der Waals surface area contributed by atoms with Crippen molar-refractivity contribution in [3.05, 3.63) is 28.8 Å². The van der Waals surface area contributed by atoms with E-state index in [0.29, 0.717) is 18.1 Å². The highest BCUT2D eigenvalue weighted by molar-refractivity contribution is 6.32. The van der Waals surface area contributed by atoms with Crippen LogP contribution in [0.15, 0.2) is 18.2 Å². The van der Waals surface area contributed by atoms with E-state index in [0.717, 1.165) is 24.3 Å². The second-order valence-electron chi connectivity index (χ2n) is 6.73. The zero-order valence-electron chi connectivity index (χ0n) is 13.8. The fourth-order valence-corrected chi connectivity index (χ4v) is 4.49. The first kappa shape index (κ1) is 16.4. The van der Waals surface area contributed by atoms with Crippen LogP contribution in [0.1, 0.15) is 12.5 Å². The number of hydrogen-bond acceptors (Lipinski definition) is 5. The normalized spacial score (nSPS) is 25.3. The van der Waals surface area contributed by atoms with Crippen molar-refractivity contribution < 1.29 is 14.4 Å². The SMILES string of the molecule is CCN1CCN2c3cccc(Cl)c3CC3(C(=O)NC(=O)NC3=O)[C@@H]2C1. The molecule has 0 radical (unpaired) electrons. The van der Waals surface area contributed by atoms with Gasteiger partial charge in [-0.25, -0.2) is 4.79 Å². The maximum absolute atomic E-state index is 12.9. The number of likely N-dealkylation sites (N-methyl/N-ethyl adjacent to an activating group) is 1. The third-order valence-corrected chi connectivity index (χ3v) is 5.96. The Morgan fingerprint density at radius 3 is 2.60 bits per heavy atom. The predicted molar refractivity (Wildman–Crippen MR) is 92.5 cm³/mol. The molecule has 7 nitrogen and oxygen atoms in total. The van der Waals surface area contributed by atoms with Crippen molar-refractivity contribution in [3.8, 4) is 0 Å². The minimum atomic E-state index is -1.36. The number of carbonyl (C=O) groups excluding carboxylic acids is 3. The number of benzene rings is 1. The van der Waals surface area contributed by atoms with Crippen LogP contribution in [0.2, 0.25) is 5.02 Å². The Kier molecular flexibility index (Phi) is 3.73. The van der Waals surface area contributed by atoms with Crippen molar-refractivity contribution in [2.75, 3.05) is 31.1 Å². The predicted octanol–water partition coefficient (Wildman–Crippen LogP) is 0.759.